The smallest absolute Gasteiger partial charge is 0.237 e. The van der Waals surface area contributed by atoms with Gasteiger partial charge in [0.1, 0.15) is 5.54 Å². The third-order valence-electron chi connectivity index (χ3n) is 6.56. The Bertz CT molecular complexity index is 512. The molecule has 0 bridgehead atoms. The second-order valence-corrected chi connectivity index (χ2v) is 8.08. The number of likely N-dealkylation sites (N-methyl/N-ethyl adjacent to an activating group) is 1. The van der Waals surface area contributed by atoms with E-state index in [1.165, 1.54) is 6.42 Å². The standard InChI is InChI=1S/C19H32N4O2/c1-22(19(14-20)9-3-2-4-10-19)18(25)12-21-16-6-5-7-17(16)23-11-8-15(24)13-23/h15-17,21,24H,2-13H2,1H3/t15?,16-,17+/m1/s1. The molecule has 140 valence electrons. The lowest BCUT2D eigenvalue weighted by atomic mass is 9.81. The number of carbonyl (C=O) groups excluding carboxylic acids is 1. The highest BCUT2D eigenvalue weighted by Gasteiger charge is 2.40. The van der Waals surface area contributed by atoms with Gasteiger partial charge >= 0.3 is 0 Å². The van der Waals surface area contributed by atoms with Gasteiger partial charge in [0, 0.05) is 32.2 Å². The van der Waals surface area contributed by atoms with Crippen molar-refractivity contribution in [2.45, 2.75) is 81.5 Å². The molecule has 3 fully saturated rings. The van der Waals surface area contributed by atoms with Crippen molar-refractivity contribution in [1.82, 2.24) is 15.1 Å². The molecule has 1 aliphatic heterocycles. The van der Waals surface area contributed by atoms with Crippen molar-refractivity contribution in [3.8, 4) is 6.07 Å². The molecule has 1 amide bonds. The van der Waals surface area contributed by atoms with E-state index in [4.69, 9.17) is 0 Å². The van der Waals surface area contributed by atoms with Crippen LogP contribution in [0.25, 0.3) is 0 Å². The molecule has 3 aliphatic rings. The molecule has 2 saturated carbocycles. The summed E-state index contributed by atoms with van der Waals surface area (Å²) in [5.74, 6) is 0.0237. The van der Waals surface area contributed by atoms with Crippen LogP contribution in [0.1, 0.15) is 57.8 Å². The second kappa shape index (κ2) is 8.03. The molecule has 3 atom stereocenters. The lowest BCUT2D eigenvalue weighted by Crippen LogP contribution is -2.54. The van der Waals surface area contributed by atoms with E-state index in [0.717, 1.165) is 64.5 Å². The van der Waals surface area contributed by atoms with Crippen LogP contribution < -0.4 is 5.32 Å². The van der Waals surface area contributed by atoms with E-state index in [1.54, 1.807) is 11.9 Å². The van der Waals surface area contributed by atoms with Gasteiger partial charge in [-0.1, -0.05) is 25.7 Å². The number of rotatable bonds is 5. The van der Waals surface area contributed by atoms with Gasteiger partial charge in [-0.05, 0) is 32.1 Å². The number of nitrogens with zero attached hydrogens (tertiary/aromatic N) is 3. The van der Waals surface area contributed by atoms with Crippen LogP contribution in [0.4, 0.5) is 0 Å². The first-order valence-electron chi connectivity index (χ1n) is 9.89. The van der Waals surface area contributed by atoms with Crippen molar-refractivity contribution < 1.29 is 9.90 Å². The third-order valence-corrected chi connectivity index (χ3v) is 6.56. The molecule has 2 aliphatic carbocycles. The van der Waals surface area contributed by atoms with Gasteiger partial charge in [0.2, 0.25) is 5.91 Å². The molecule has 1 saturated heterocycles. The Morgan fingerprint density at radius 1 is 1.28 bits per heavy atom. The van der Waals surface area contributed by atoms with Crippen molar-refractivity contribution >= 4 is 5.91 Å². The minimum absolute atomic E-state index is 0.0237. The number of hydrogen-bond donors (Lipinski definition) is 2. The largest absolute Gasteiger partial charge is 0.392 e. The first-order valence-corrected chi connectivity index (χ1v) is 9.89. The predicted octanol–water partition coefficient (Wildman–Crippen LogP) is 1.25. The lowest BCUT2D eigenvalue weighted by Gasteiger charge is -2.39. The normalized spacial score (nSPS) is 32.4. The molecule has 0 aromatic rings. The van der Waals surface area contributed by atoms with E-state index >= 15 is 0 Å². The Morgan fingerprint density at radius 3 is 2.68 bits per heavy atom. The number of aliphatic hydroxyl groups is 1. The summed E-state index contributed by atoms with van der Waals surface area (Å²) < 4.78 is 0. The zero-order chi connectivity index (χ0) is 17.9. The Morgan fingerprint density at radius 2 is 2.04 bits per heavy atom. The summed E-state index contributed by atoms with van der Waals surface area (Å²) in [6, 6.07) is 3.16. The molecular weight excluding hydrogens is 316 g/mol. The Kier molecular flexibility index (Phi) is 5.98. The second-order valence-electron chi connectivity index (χ2n) is 8.08. The fraction of sp³-hybridized carbons (Fsp3) is 0.895. The van der Waals surface area contributed by atoms with Gasteiger partial charge in [-0.15, -0.1) is 0 Å². The van der Waals surface area contributed by atoms with Crippen molar-refractivity contribution in [2.75, 3.05) is 26.7 Å². The molecule has 0 aromatic carbocycles. The maximum atomic E-state index is 12.7. The maximum Gasteiger partial charge on any atom is 0.237 e. The summed E-state index contributed by atoms with van der Waals surface area (Å²) in [5, 5.41) is 22.9. The summed E-state index contributed by atoms with van der Waals surface area (Å²) >= 11 is 0. The highest BCUT2D eigenvalue weighted by Crippen LogP contribution is 2.32. The zero-order valence-electron chi connectivity index (χ0n) is 15.4. The number of hydrogen-bond acceptors (Lipinski definition) is 5. The van der Waals surface area contributed by atoms with Crippen molar-refractivity contribution in [3.63, 3.8) is 0 Å². The molecular formula is C19H32N4O2. The molecule has 6 heteroatoms. The SMILES string of the molecule is CN(C(=O)CN[C@@H]1CCC[C@@H]1N1CCC(O)C1)C1(C#N)CCCCC1. The van der Waals surface area contributed by atoms with Gasteiger partial charge in [-0.25, -0.2) is 0 Å². The highest BCUT2D eigenvalue weighted by atomic mass is 16.3. The molecule has 1 unspecified atom stereocenters. The van der Waals surface area contributed by atoms with Gasteiger partial charge in [0.25, 0.3) is 0 Å². The average molecular weight is 348 g/mol. The first-order chi connectivity index (χ1) is 12.1. The van der Waals surface area contributed by atoms with Crippen molar-refractivity contribution in [3.05, 3.63) is 0 Å². The predicted molar refractivity (Wildman–Crippen MR) is 95.8 cm³/mol. The average Bonchev–Trinajstić information content (AvgIpc) is 3.28. The van der Waals surface area contributed by atoms with Gasteiger partial charge in [0.15, 0.2) is 0 Å². The van der Waals surface area contributed by atoms with Crippen molar-refractivity contribution in [1.29, 1.82) is 5.26 Å². The minimum Gasteiger partial charge on any atom is -0.392 e. The van der Waals surface area contributed by atoms with Gasteiger partial charge < -0.3 is 15.3 Å². The molecule has 25 heavy (non-hydrogen) atoms. The topological polar surface area (TPSA) is 79.6 Å². The monoisotopic (exact) mass is 348 g/mol. The Hall–Kier alpha value is -1.16. The minimum atomic E-state index is -0.606. The Labute approximate surface area is 151 Å². The number of nitriles is 1. The van der Waals surface area contributed by atoms with Crippen LogP contribution in [0.15, 0.2) is 0 Å². The van der Waals surface area contributed by atoms with Crippen LogP contribution in [0.2, 0.25) is 0 Å². The van der Waals surface area contributed by atoms with E-state index in [2.05, 4.69) is 16.3 Å². The third kappa shape index (κ3) is 3.99. The molecule has 3 rings (SSSR count). The van der Waals surface area contributed by atoms with E-state index in [1.807, 2.05) is 0 Å². The molecule has 2 N–H and O–H groups in total. The number of likely N-dealkylation sites (tertiary alicyclic amines) is 1. The maximum absolute atomic E-state index is 12.7. The van der Waals surface area contributed by atoms with Crippen LogP contribution in [0.3, 0.4) is 0 Å². The van der Waals surface area contributed by atoms with E-state index in [-0.39, 0.29) is 12.0 Å². The first kappa shape index (κ1) is 18.6. The summed E-state index contributed by atoms with van der Waals surface area (Å²) in [5.41, 5.74) is -0.606. The quantitative estimate of drug-likeness (QED) is 0.782. The van der Waals surface area contributed by atoms with E-state index < -0.39 is 5.54 Å². The summed E-state index contributed by atoms with van der Waals surface area (Å²) in [6.45, 7) is 2.02. The molecule has 0 aromatic heterocycles. The van der Waals surface area contributed by atoms with Crippen LogP contribution in [-0.4, -0.2) is 71.2 Å². The number of β-amino-alcohol motifs (C(OH)–C–C–N with tert-alkyl or cyclic N) is 1. The number of carbonyl (C=O) groups is 1. The Balaban J connectivity index is 1.53. The fourth-order valence-electron chi connectivity index (χ4n) is 4.92. The van der Waals surface area contributed by atoms with Crippen LogP contribution >= 0.6 is 0 Å². The van der Waals surface area contributed by atoms with E-state index in [0.29, 0.717) is 18.6 Å². The van der Waals surface area contributed by atoms with Crippen molar-refractivity contribution in [2.24, 2.45) is 0 Å². The molecule has 0 spiro atoms. The number of nitrogens with one attached hydrogen (secondary N) is 1. The fourth-order valence-corrected chi connectivity index (χ4v) is 4.92. The summed E-state index contributed by atoms with van der Waals surface area (Å²) in [4.78, 5) is 16.8. The molecule has 6 nitrogen and oxygen atoms in total. The summed E-state index contributed by atoms with van der Waals surface area (Å²) in [6.07, 6.45) is 8.85. The van der Waals surface area contributed by atoms with Gasteiger partial charge in [0.05, 0.1) is 18.7 Å². The zero-order valence-corrected chi connectivity index (χ0v) is 15.4. The molecule has 0 radical (unpaired) electrons. The number of amides is 1. The number of aliphatic hydroxyl groups excluding tert-OH is 1. The lowest BCUT2D eigenvalue weighted by molar-refractivity contribution is -0.134. The van der Waals surface area contributed by atoms with Gasteiger partial charge in [-0.2, -0.15) is 5.26 Å². The van der Waals surface area contributed by atoms with Crippen LogP contribution in [0.5, 0.6) is 0 Å². The van der Waals surface area contributed by atoms with Gasteiger partial charge in [-0.3, -0.25) is 9.69 Å². The summed E-state index contributed by atoms with van der Waals surface area (Å²) in [7, 11) is 1.79. The van der Waals surface area contributed by atoms with E-state index in [9.17, 15) is 15.2 Å². The van der Waals surface area contributed by atoms with Crippen LogP contribution in [0, 0.1) is 11.3 Å². The molecule has 1 heterocycles. The highest BCUT2D eigenvalue weighted by molar-refractivity contribution is 5.79. The van der Waals surface area contributed by atoms with Crippen LogP contribution in [-0.2, 0) is 4.79 Å².